The van der Waals surface area contributed by atoms with E-state index in [9.17, 15) is 9.18 Å². The van der Waals surface area contributed by atoms with E-state index in [1.165, 1.54) is 6.07 Å². The van der Waals surface area contributed by atoms with Crippen LogP contribution in [0.5, 0.6) is 5.75 Å². The van der Waals surface area contributed by atoms with Crippen LogP contribution in [0.3, 0.4) is 0 Å². The standard InChI is InChI=1S/C18H17FN2O2S/c1-13-6-7-17-20-14(10-18(22)21(17)11-13)12-24-9-8-23-16-5-3-2-4-15(16)19/h2-7,10-11H,8-9,12H2,1H3. The quantitative estimate of drug-likeness (QED) is 0.643. The lowest BCUT2D eigenvalue weighted by Gasteiger charge is -2.07. The Morgan fingerprint density at radius 1 is 1.25 bits per heavy atom. The van der Waals surface area contributed by atoms with Crippen molar-refractivity contribution >= 4 is 17.4 Å². The van der Waals surface area contributed by atoms with Crippen molar-refractivity contribution in [3.63, 3.8) is 0 Å². The van der Waals surface area contributed by atoms with Crippen LogP contribution in [0.4, 0.5) is 4.39 Å². The highest BCUT2D eigenvalue weighted by atomic mass is 32.2. The first-order valence-corrected chi connectivity index (χ1v) is 8.73. The Bertz CT molecular complexity index is 911. The SMILES string of the molecule is Cc1ccc2nc(CSCCOc3ccccc3F)cc(=O)n2c1. The average Bonchev–Trinajstić information content (AvgIpc) is 2.57. The van der Waals surface area contributed by atoms with E-state index < -0.39 is 0 Å². The number of benzene rings is 1. The van der Waals surface area contributed by atoms with Gasteiger partial charge in [-0.25, -0.2) is 9.37 Å². The molecule has 0 aliphatic rings. The molecule has 0 aliphatic carbocycles. The molecule has 0 unspecified atom stereocenters. The molecule has 6 heteroatoms. The zero-order valence-corrected chi connectivity index (χ0v) is 14.1. The highest BCUT2D eigenvalue weighted by Crippen LogP contribution is 2.16. The Hall–Kier alpha value is -2.34. The Morgan fingerprint density at radius 3 is 2.92 bits per heavy atom. The number of ether oxygens (including phenoxy) is 1. The van der Waals surface area contributed by atoms with Crippen molar-refractivity contribution in [1.29, 1.82) is 0 Å². The largest absolute Gasteiger partial charge is 0.490 e. The van der Waals surface area contributed by atoms with Gasteiger partial charge in [-0.05, 0) is 30.7 Å². The summed E-state index contributed by atoms with van der Waals surface area (Å²) in [6.07, 6.45) is 1.78. The summed E-state index contributed by atoms with van der Waals surface area (Å²) in [5.74, 6) is 1.20. The second-order valence-corrected chi connectivity index (χ2v) is 6.46. The van der Waals surface area contributed by atoms with Gasteiger partial charge in [-0.3, -0.25) is 9.20 Å². The molecule has 0 N–H and O–H groups in total. The number of para-hydroxylation sites is 1. The van der Waals surface area contributed by atoms with Gasteiger partial charge in [-0.15, -0.1) is 0 Å². The first-order valence-electron chi connectivity index (χ1n) is 7.57. The normalized spacial score (nSPS) is 10.9. The van der Waals surface area contributed by atoms with Crippen molar-refractivity contribution < 1.29 is 9.13 Å². The van der Waals surface area contributed by atoms with E-state index in [-0.39, 0.29) is 17.1 Å². The fourth-order valence-electron chi connectivity index (χ4n) is 2.28. The Balaban J connectivity index is 1.55. The first kappa shape index (κ1) is 16.5. The number of fused-ring (bicyclic) bond motifs is 1. The van der Waals surface area contributed by atoms with Gasteiger partial charge in [0.25, 0.3) is 5.56 Å². The summed E-state index contributed by atoms with van der Waals surface area (Å²) in [5.41, 5.74) is 2.31. The fraction of sp³-hybridized carbons (Fsp3) is 0.222. The number of aryl methyl sites for hydroxylation is 1. The third-order valence-electron chi connectivity index (χ3n) is 3.43. The highest BCUT2D eigenvalue weighted by molar-refractivity contribution is 7.98. The second-order valence-electron chi connectivity index (χ2n) is 5.35. The van der Waals surface area contributed by atoms with Crippen molar-refractivity contribution in [2.75, 3.05) is 12.4 Å². The molecule has 0 aliphatic heterocycles. The van der Waals surface area contributed by atoms with Crippen molar-refractivity contribution in [2.24, 2.45) is 0 Å². The molecule has 0 bridgehead atoms. The minimum atomic E-state index is -0.359. The summed E-state index contributed by atoms with van der Waals surface area (Å²) in [6, 6.07) is 11.7. The third-order valence-corrected chi connectivity index (χ3v) is 4.39. The van der Waals surface area contributed by atoms with E-state index in [0.717, 1.165) is 11.3 Å². The molecule has 0 saturated carbocycles. The van der Waals surface area contributed by atoms with Crippen LogP contribution < -0.4 is 10.3 Å². The molecule has 0 amide bonds. The zero-order valence-electron chi connectivity index (χ0n) is 13.2. The van der Waals surface area contributed by atoms with Gasteiger partial charge in [0.1, 0.15) is 5.65 Å². The molecule has 2 heterocycles. The molecule has 0 spiro atoms. The smallest absolute Gasteiger partial charge is 0.258 e. The summed E-state index contributed by atoms with van der Waals surface area (Å²) < 4.78 is 20.4. The molecule has 1 aromatic carbocycles. The van der Waals surface area contributed by atoms with Gasteiger partial charge in [0, 0.05) is 23.8 Å². The average molecular weight is 344 g/mol. The van der Waals surface area contributed by atoms with Crippen molar-refractivity contribution in [3.05, 3.63) is 76.1 Å². The number of rotatable bonds is 6. The minimum Gasteiger partial charge on any atom is -0.490 e. The number of thioether (sulfide) groups is 1. The lowest BCUT2D eigenvalue weighted by molar-refractivity contribution is 0.325. The molecule has 0 fully saturated rings. The van der Waals surface area contributed by atoms with Crippen LogP contribution in [0.2, 0.25) is 0 Å². The van der Waals surface area contributed by atoms with Crippen LogP contribution >= 0.6 is 11.8 Å². The van der Waals surface area contributed by atoms with Gasteiger partial charge in [0.2, 0.25) is 0 Å². The fourth-order valence-corrected chi connectivity index (χ4v) is 2.98. The van der Waals surface area contributed by atoms with Crippen molar-refractivity contribution in [2.45, 2.75) is 12.7 Å². The predicted octanol–water partition coefficient (Wildman–Crippen LogP) is 3.45. The predicted molar refractivity (Wildman–Crippen MR) is 94.3 cm³/mol. The molecular formula is C18H17FN2O2S. The summed E-state index contributed by atoms with van der Waals surface area (Å²) >= 11 is 1.59. The van der Waals surface area contributed by atoms with Crippen LogP contribution in [0.25, 0.3) is 5.65 Å². The molecule has 4 nitrogen and oxygen atoms in total. The molecule has 3 rings (SSSR count). The summed E-state index contributed by atoms with van der Waals surface area (Å²) in [6.45, 7) is 2.34. The summed E-state index contributed by atoms with van der Waals surface area (Å²) in [4.78, 5) is 16.6. The number of halogens is 1. The minimum absolute atomic E-state index is 0.0816. The number of aromatic nitrogens is 2. The van der Waals surface area contributed by atoms with Gasteiger partial charge >= 0.3 is 0 Å². The molecular weight excluding hydrogens is 327 g/mol. The maximum Gasteiger partial charge on any atom is 0.258 e. The van der Waals surface area contributed by atoms with Crippen LogP contribution in [0.15, 0.2) is 53.5 Å². The molecule has 2 aromatic heterocycles. The maximum absolute atomic E-state index is 13.4. The summed E-state index contributed by atoms with van der Waals surface area (Å²) in [5, 5.41) is 0. The van der Waals surface area contributed by atoms with E-state index in [2.05, 4.69) is 4.98 Å². The van der Waals surface area contributed by atoms with Gasteiger partial charge in [0.15, 0.2) is 11.6 Å². The summed E-state index contributed by atoms with van der Waals surface area (Å²) in [7, 11) is 0. The molecule has 124 valence electrons. The monoisotopic (exact) mass is 344 g/mol. The van der Waals surface area contributed by atoms with Gasteiger partial charge in [0.05, 0.1) is 12.3 Å². The second kappa shape index (κ2) is 7.49. The lowest BCUT2D eigenvalue weighted by Crippen LogP contribution is -2.15. The molecule has 3 aromatic rings. The van der Waals surface area contributed by atoms with E-state index in [4.69, 9.17) is 4.74 Å². The van der Waals surface area contributed by atoms with E-state index in [1.807, 2.05) is 19.1 Å². The zero-order chi connectivity index (χ0) is 16.9. The topological polar surface area (TPSA) is 43.6 Å². The first-order chi connectivity index (χ1) is 11.6. The Labute approximate surface area is 143 Å². The lowest BCUT2D eigenvalue weighted by atomic mass is 10.3. The van der Waals surface area contributed by atoms with E-state index in [0.29, 0.717) is 23.8 Å². The van der Waals surface area contributed by atoms with Crippen molar-refractivity contribution in [1.82, 2.24) is 9.38 Å². The third kappa shape index (κ3) is 3.94. The van der Waals surface area contributed by atoms with Gasteiger partial charge in [-0.1, -0.05) is 18.2 Å². The van der Waals surface area contributed by atoms with Crippen LogP contribution in [-0.2, 0) is 5.75 Å². The van der Waals surface area contributed by atoms with E-state index >= 15 is 0 Å². The number of nitrogens with zero attached hydrogens (tertiary/aromatic N) is 2. The van der Waals surface area contributed by atoms with Crippen molar-refractivity contribution in [3.8, 4) is 5.75 Å². The number of hydrogen-bond acceptors (Lipinski definition) is 4. The van der Waals surface area contributed by atoms with E-state index in [1.54, 1.807) is 46.6 Å². The highest BCUT2D eigenvalue weighted by Gasteiger charge is 2.04. The van der Waals surface area contributed by atoms with Crippen LogP contribution in [-0.4, -0.2) is 21.7 Å². The maximum atomic E-state index is 13.4. The molecule has 0 radical (unpaired) electrons. The Morgan fingerprint density at radius 2 is 2.08 bits per heavy atom. The molecule has 0 atom stereocenters. The molecule has 0 saturated heterocycles. The Kier molecular flexibility index (Phi) is 5.15. The van der Waals surface area contributed by atoms with Gasteiger partial charge in [-0.2, -0.15) is 11.8 Å². The molecule has 24 heavy (non-hydrogen) atoms. The van der Waals surface area contributed by atoms with Crippen LogP contribution in [0, 0.1) is 12.7 Å². The number of pyridine rings is 1. The number of hydrogen-bond donors (Lipinski definition) is 0. The van der Waals surface area contributed by atoms with Gasteiger partial charge < -0.3 is 4.74 Å². The van der Waals surface area contributed by atoms with Crippen LogP contribution in [0.1, 0.15) is 11.3 Å².